The molecule has 0 radical (unpaired) electrons. The maximum absolute atomic E-state index is 13.2. The molecule has 0 unspecified atom stereocenters. The Hall–Kier alpha value is -0.560. The smallest absolute Gasteiger partial charge is 0.127 e. The minimum Gasteiger partial charge on any atom is -0.207 e. The van der Waals surface area contributed by atoms with Gasteiger partial charge < -0.3 is 0 Å². The maximum atomic E-state index is 13.2. The lowest BCUT2D eigenvalue weighted by Gasteiger charge is -2.02. The van der Waals surface area contributed by atoms with Crippen LogP contribution in [0.25, 0.3) is 0 Å². The van der Waals surface area contributed by atoms with Crippen LogP contribution in [0, 0.1) is 5.82 Å². The van der Waals surface area contributed by atoms with E-state index in [9.17, 15) is 4.39 Å². The molecular weight excluding hydrogens is 187 g/mol. The van der Waals surface area contributed by atoms with Gasteiger partial charge in [0.1, 0.15) is 5.82 Å². The summed E-state index contributed by atoms with van der Waals surface area (Å²) in [5, 5.41) is 0.469. The second-order valence-electron chi connectivity index (χ2n) is 3.19. The summed E-state index contributed by atoms with van der Waals surface area (Å²) >= 11 is 5.64. The van der Waals surface area contributed by atoms with E-state index in [2.05, 4.69) is 6.92 Å². The van der Waals surface area contributed by atoms with Crippen molar-refractivity contribution < 1.29 is 4.39 Å². The number of hydrogen-bond donors (Lipinski definition) is 0. The third-order valence-corrected chi connectivity index (χ3v) is 2.30. The van der Waals surface area contributed by atoms with Gasteiger partial charge in [-0.25, -0.2) is 4.39 Å². The third-order valence-electron chi connectivity index (χ3n) is 2.06. The number of hydrogen-bond acceptors (Lipinski definition) is 0. The summed E-state index contributed by atoms with van der Waals surface area (Å²) in [6.45, 7) is 2.14. The molecule has 1 rings (SSSR count). The minimum atomic E-state index is -0.177. The predicted molar refractivity (Wildman–Crippen MR) is 54.6 cm³/mol. The molecule has 0 aliphatic rings. The van der Waals surface area contributed by atoms with Gasteiger partial charge in [-0.2, -0.15) is 0 Å². The molecule has 13 heavy (non-hydrogen) atoms. The van der Waals surface area contributed by atoms with Crippen LogP contribution in [0.15, 0.2) is 18.2 Å². The molecule has 72 valence electrons. The van der Waals surface area contributed by atoms with Gasteiger partial charge in [0.05, 0.1) is 0 Å². The van der Waals surface area contributed by atoms with Crippen molar-refractivity contribution >= 4 is 11.6 Å². The van der Waals surface area contributed by atoms with Crippen LogP contribution in [0.4, 0.5) is 4.39 Å². The Labute approximate surface area is 83.7 Å². The Morgan fingerprint density at radius 2 is 2.08 bits per heavy atom. The van der Waals surface area contributed by atoms with Crippen molar-refractivity contribution in [1.29, 1.82) is 0 Å². The molecular formula is C11H14ClF. The fraction of sp³-hybridized carbons (Fsp3) is 0.455. The molecule has 0 aromatic heterocycles. The Kier molecular flexibility index (Phi) is 4.23. The van der Waals surface area contributed by atoms with E-state index >= 15 is 0 Å². The van der Waals surface area contributed by atoms with Crippen LogP contribution in [0.3, 0.4) is 0 Å². The molecule has 1 aromatic rings. The number of rotatable bonds is 4. The number of halogens is 2. The summed E-state index contributed by atoms with van der Waals surface area (Å²) in [5.74, 6) is -0.177. The van der Waals surface area contributed by atoms with Crippen LogP contribution >= 0.6 is 11.6 Å². The molecule has 0 aliphatic carbocycles. The van der Waals surface area contributed by atoms with Crippen LogP contribution in [-0.2, 0) is 6.42 Å². The second kappa shape index (κ2) is 5.23. The number of unbranched alkanes of at least 4 members (excludes halogenated alkanes) is 2. The van der Waals surface area contributed by atoms with Crippen molar-refractivity contribution in [2.45, 2.75) is 32.6 Å². The maximum Gasteiger partial charge on any atom is 0.127 e. The minimum absolute atomic E-state index is 0.177. The van der Waals surface area contributed by atoms with Crippen molar-refractivity contribution in [2.24, 2.45) is 0 Å². The van der Waals surface area contributed by atoms with E-state index in [-0.39, 0.29) is 5.82 Å². The van der Waals surface area contributed by atoms with Gasteiger partial charge in [0, 0.05) is 5.02 Å². The molecule has 2 heteroatoms. The highest BCUT2D eigenvalue weighted by Gasteiger charge is 2.01. The van der Waals surface area contributed by atoms with Gasteiger partial charge in [0.25, 0.3) is 0 Å². The quantitative estimate of drug-likeness (QED) is 0.639. The molecule has 0 aliphatic heterocycles. The summed E-state index contributed by atoms with van der Waals surface area (Å²) in [5.41, 5.74) is 0.776. The highest BCUT2D eigenvalue weighted by Crippen LogP contribution is 2.16. The van der Waals surface area contributed by atoms with Crippen LogP contribution in [0.5, 0.6) is 0 Å². The van der Waals surface area contributed by atoms with Gasteiger partial charge in [-0.15, -0.1) is 0 Å². The molecule has 0 saturated carbocycles. The van der Waals surface area contributed by atoms with Gasteiger partial charge in [-0.05, 0) is 30.5 Å². The van der Waals surface area contributed by atoms with E-state index < -0.39 is 0 Å². The van der Waals surface area contributed by atoms with Crippen molar-refractivity contribution in [3.05, 3.63) is 34.6 Å². The standard InChI is InChI=1S/C11H14ClF/c1-2-3-4-5-9-6-7-10(12)8-11(9)13/h6-8H,2-5H2,1H3. The first-order chi connectivity index (χ1) is 6.24. The zero-order valence-corrected chi connectivity index (χ0v) is 8.57. The van der Waals surface area contributed by atoms with Gasteiger partial charge >= 0.3 is 0 Å². The Bertz CT molecular complexity index is 271. The zero-order valence-electron chi connectivity index (χ0n) is 7.82. The highest BCUT2D eigenvalue weighted by molar-refractivity contribution is 6.30. The summed E-state index contributed by atoms with van der Waals surface area (Å²) in [6.07, 6.45) is 4.18. The molecule has 0 spiro atoms. The number of benzene rings is 1. The summed E-state index contributed by atoms with van der Waals surface area (Å²) < 4.78 is 13.2. The summed E-state index contributed by atoms with van der Waals surface area (Å²) in [6, 6.07) is 4.89. The van der Waals surface area contributed by atoms with Gasteiger partial charge in [-0.3, -0.25) is 0 Å². The topological polar surface area (TPSA) is 0 Å². The van der Waals surface area contributed by atoms with Crippen molar-refractivity contribution in [3.63, 3.8) is 0 Å². The first-order valence-corrected chi connectivity index (χ1v) is 5.05. The van der Waals surface area contributed by atoms with E-state index in [0.29, 0.717) is 5.02 Å². The van der Waals surface area contributed by atoms with Crippen LogP contribution in [0.1, 0.15) is 31.7 Å². The fourth-order valence-electron chi connectivity index (χ4n) is 1.29. The second-order valence-corrected chi connectivity index (χ2v) is 3.63. The lowest BCUT2D eigenvalue weighted by molar-refractivity contribution is 0.599. The molecule has 0 bridgehead atoms. The highest BCUT2D eigenvalue weighted by atomic mass is 35.5. The van der Waals surface area contributed by atoms with Crippen molar-refractivity contribution in [3.8, 4) is 0 Å². The third kappa shape index (κ3) is 3.35. The molecule has 0 fully saturated rings. The lowest BCUT2D eigenvalue weighted by Crippen LogP contribution is -1.90. The first-order valence-electron chi connectivity index (χ1n) is 4.68. The van der Waals surface area contributed by atoms with E-state index in [4.69, 9.17) is 11.6 Å². The van der Waals surface area contributed by atoms with Crippen molar-refractivity contribution in [2.75, 3.05) is 0 Å². The molecule has 0 amide bonds. The van der Waals surface area contributed by atoms with Gasteiger partial charge in [0.2, 0.25) is 0 Å². The predicted octanol–water partition coefficient (Wildman–Crippen LogP) is 4.21. The van der Waals surface area contributed by atoms with Crippen LogP contribution in [-0.4, -0.2) is 0 Å². The molecule has 0 atom stereocenters. The Balaban J connectivity index is 2.56. The average molecular weight is 201 g/mol. The SMILES string of the molecule is CCCCCc1ccc(Cl)cc1F. The summed E-state index contributed by atoms with van der Waals surface area (Å²) in [4.78, 5) is 0. The molecule has 0 nitrogen and oxygen atoms in total. The fourth-order valence-corrected chi connectivity index (χ4v) is 1.45. The Morgan fingerprint density at radius 1 is 1.31 bits per heavy atom. The van der Waals surface area contributed by atoms with E-state index in [1.807, 2.05) is 0 Å². The van der Waals surface area contributed by atoms with Gasteiger partial charge in [0.15, 0.2) is 0 Å². The normalized spacial score (nSPS) is 10.4. The van der Waals surface area contributed by atoms with Crippen molar-refractivity contribution in [1.82, 2.24) is 0 Å². The van der Waals surface area contributed by atoms with E-state index in [1.54, 1.807) is 12.1 Å². The molecule has 0 N–H and O–H groups in total. The monoisotopic (exact) mass is 200 g/mol. The molecule has 1 aromatic carbocycles. The van der Waals surface area contributed by atoms with Crippen LogP contribution in [0.2, 0.25) is 5.02 Å². The molecule has 0 heterocycles. The largest absolute Gasteiger partial charge is 0.207 e. The van der Waals surface area contributed by atoms with Gasteiger partial charge in [-0.1, -0.05) is 37.4 Å². The lowest BCUT2D eigenvalue weighted by atomic mass is 10.1. The van der Waals surface area contributed by atoms with E-state index in [1.165, 1.54) is 6.07 Å². The average Bonchev–Trinajstić information content (AvgIpc) is 2.09. The zero-order chi connectivity index (χ0) is 9.68. The number of aryl methyl sites for hydroxylation is 1. The van der Waals surface area contributed by atoms with Crippen LogP contribution < -0.4 is 0 Å². The summed E-state index contributed by atoms with van der Waals surface area (Å²) in [7, 11) is 0. The Morgan fingerprint density at radius 3 is 2.69 bits per heavy atom. The van der Waals surface area contributed by atoms with E-state index in [0.717, 1.165) is 31.2 Å². The molecule has 0 saturated heterocycles. The first kappa shape index (κ1) is 10.5.